The third-order valence-corrected chi connectivity index (χ3v) is 3.43. The van der Waals surface area contributed by atoms with E-state index in [0.29, 0.717) is 0 Å². The highest BCUT2D eigenvalue weighted by Crippen LogP contribution is 2.65. The molecule has 0 amide bonds. The Bertz CT molecular complexity index is 717. The fraction of sp³-hybridized carbons (Fsp3) is 0.818. The second-order valence-corrected chi connectivity index (χ2v) is 5.58. The van der Waals surface area contributed by atoms with Crippen molar-refractivity contribution < 1.29 is 92.2 Å². The van der Waals surface area contributed by atoms with E-state index in [1.165, 1.54) is 0 Å². The smallest absolute Gasteiger partial charge is 0.195 e. The van der Waals surface area contributed by atoms with Gasteiger partial charge >= 0.3 is 53.6 Å². The fourth-order valence-electron chi connectivity index (χ4n) is 1.60. The van der Waals surface area contributed by atoms with Crippen molar-refractivity contribution in [3.05, 3.63) is 12.2 Å². The summed E-state index contributed by atoms with van der Waals surface area (Å²) in [6, 6.07) is 0. The molecule has 0 atom stereocenters. The van der Waals surface area contributed by atoms with Gasteiger partial charge in [-0.2, -0.15) is 92.2 Å². The minimum Gasteiger partial charge on any atom is -0.195 e. The van der Waals surface area contributed by atoms with Gasteiger partial charge in [0.2, 0.25) is 0 Å². The van der Waals surface area contributed by atoms with Gasteiger partial charge in [-0.15, -0.1) is 0 Å². The molecule has 0 saturated carbocycles. The monoisotopic (exact) mass is 532 g/mol. The summed E-state index contributed by atoms with van der Waals surface area (Å²) in [5.74, 6) is -68.6. The molecule has 0 N–H and O–H groups in total. The van der Waals surface area contributed by atoms with Crippen LogP contribution in [-0.4, -0.2) is 53.6 Å². The first-order valence-corrected chi connectivity index (χ1v) is 6.55. The summed E-state index contributed by atoms with van der Waals surface area (Å²) in [4.78, 5) is 0. The largest absolute Gasteiger partial charge is 0.460 e. The van der Waals surface area contributed by atoms with Crippen LogP contribution in [0, 0.1) is 0 Å². The zero-order chi connectivity index (χ0) is 26.8. The van der Waals surface area contributed by atoms with E-state index in [1.54, 1.807) is 0 Å². The lowest BCUT2D eigenvalue weighted by Crippen LogP contribution is -2.75. The first-order chi connectivity index (χ1) is 13.4. The maximum Gasteiger partial charge on any atom is 0.460 e. The summed E-state index contributed by atoms with van der Waals surface area (Å²) in [6.45, 7) is 0. The maximum atomic E-state index is 13.2. The highest BCUT2D eigenvalue weighted by Gasteiger charge is 2.96. The number of halogens is 21. The third-order valence-electron chi connectivity index (χ3n) is 3.43. The van der Waals surface area contributed by atoms with E-state index < -0.39 is 65.7 Å². The molecule has 0 aliphatic rings. The van der Waals surface area contributed by atoms with Crippen molar-refractivity contribution in [2.45, 2.75) is 53.6 Å². The van der Waals surface area contributed by atoms with E-state index >= 15 is 0 Å². The van der Waals surface area contributed by atoms with Crippen LogP contribution in [0.2, 0.25) is 0 Å². The van der Waals surface area contributed by atoms with Gasteiger partial charge in [0.05, 0.1) is 6.08 Å². The molecule has 32 heavy (non-hydrogen) atoms. The molecule has 0 spiro atoms. The third kappa shape index (κ3) is 3.71. The van der Waals surface area contributed by atoms with Gasteiger partial charge < -0.3 is 0 Å². The highest BCUT2D eigenvalue weighted by atomic mass is 19.4. The molecule has 0 unspecified atom stereocenters. The van der Waals surface area contributed by atoms with E-state index in [-0.39, 0.29) is 0 Å². The van der Waals surface area contributed by atoms with Crippen LogP contribution in [0.3, 0.4) is 0 Å². The van der Waals surface area contributed by atoms with Crippen LogP contribution in [0.4, 0.5) is 92.2 Å². The van der Waals surface area contributed by atoms with Crippen LogP contribution in [0.1, 0.15) is 0 Å². The highest BCUT2D eigenvalue weighted by molar-refractivity contribution is 5.19. The van der Waals surface area contributed by atoms with Gasteiger partial charge in [-0.05, 0) is 0 Å². The Labute approximate surface area is 159 Å². The minimum atomic E-state index is -9.07. The quantitative estimate of drug-likeness (QED) is 0.286. The van der Waals surface area contributed by atoms with Gasteiger partial charge in [-0.3, -0.25) is 0 Å². The van der Waals surface area contributed by atoms with Crippen molar-refractivity contribution in [2.75, 3.05) is 0 Å². The molecular weight excluding hydrogens is 531 g/mol. The molecule has 0 saturated heterocycles. The number of hydrogen-bond acceptors (Lipinski definition) is 0. The molecule has 0 aliphatic heterocycles. The number of rotatable bonds is 8. The summed E-state index contributed by atoms with van der Waals surface area (Å²) in [7, 11) is 0. The Morgan fingerprint density at radius 2 is 0.562 bits per heavy atom. The van der Waals surface area contributed by atoms with E-state index in [2.05, 4.69) is 0 Å². The molecular formula is C11HF21. The van der Waals surface area contributed by atoms with E-state index in [0.717, 1.165) is 0 Å². The summed E-state index contributed by atoms with van der Waals surface area (Å²) in [6.07, 6.45) is -14.6. The molecule has 192 valence electrons. The number of allylic oxidation sites excluding steroid dienone is 1. The van der Waals surface area contributed by atoms with Crippen molar-refractivity contribution in [3.8, 4) is 0 Å². The van der Waals surface area contributed by atoms with Gasteiger partial charge in [0.1, 0.15) is 0 Å². The molecule has 0 nitrogen and oxygen atoms in total. The lowest BCUT2D eigenvalue weighted by molar-refractivity contribution is -0.467. The van der Waals surface area contributed by atoms with Crippen molar-refractivity contribution in [1.29, 1.82) is 0 Å². The predicted molar refractivity (Wildman–Crippen MR) is 55.9 cm³/mol. The molecule has 0 fully saturated rings. The zero-order valence-corrected chi connectivity index (χ0v) is 13.5. The Balaban J connectivity index is 6.96. The molecule has 0 bridgehead atoms. The van der Waals surface area contributed by atoms with Crippen molar-refractivity contribution in [3.63, 3.8) is 0 Å². The second-order valence-electron chi connectivity index (χ2n) is 5.58. The average Bonchev–Trinajstić information content (AvgIpc) is 2.51. The Morgan fingerprint density at radius 3 is 0.781 bits per heavy atom. The van der Waals surface area contributed by atoms with Crippen LogP contribution in [0.5, 0.6) is 0 Å². The Hall–Kier alpha value is -1.73. The standard InChI is InChI=1S/C11HF21/c12-2(13)1-3(14,15)4(16,17)5(18,19)6(20,21)7(22,23)8(24,25)9(26,27)10(28,29)11(30,31)32/h1H. The van der Waals surface area contributed by atoms with E-state index in [4.69, 9.17) is 0 Å². The Morgan fingerprint density at radius 1 is 0.344 bits per heavy atom. The molecule has 0 radical (unpaired) electrons. The predicted octanol–water partition coefficient (Wildman–Crippen LogP) is 7.41. The fourth-order valence-corrected chi connectivity index (χ4v) is 1.60. The summed E-state index contributed by atoms with van der Waals surface area (Å²) in [5, 5.41) is 0. The lowest BCUT2D eigenvalue weighted by Gasteiger charge is -2.43. The lowest BCUT2D eigenvalue weighted by atomic mass is 9.87. The van der Waals surface area contributed by atoms with Crippen LogP contribution in [-0.2, 0) is 0 Å². The zero-order valence-electron chi connectivity index (χ0n) is 13.5. The average molecular weight is 532 g/mol. The molecule has 0 aromatic heterocycles. The molecule has 0 aromatic carbocycles. The van der Waals surface area contributed by atoms with Gasteiger partial charge in [0, 0.05) is 0 Å². The second kappa shape index (κ2) is 7.39. The topological polar surface area (TPSA) is 0 Å². The van der Waals surface area contributed by atoms with Gasteiger partial charge in [0.15, 0.2) is 0 Å². The summed E-state index contributed by atoms with van der Waals surface area (Å²) < 4.78 is 266. The van der Waals surface area contributed by atoms with E-state index in [1.807, 2.05) is 0 Å². The first-order valence-electron chi connectivity index (χ1n) is 6.55. The normalized spacial score (nSPS) is 16.3. The molecule has 21 heteroatoms. The summed E-state index contributed by atoms with van der Waals surface area (Å²) >= 11 is 0. The van der Waals surface area contributed by atoms with Gasteiger partial charge in [-0.1, -0.05) is 0 Å². The minimum absolute atomic E-state index is 2.58. The number of hydrogen-bond donors (Lipinski definition) is 0. The molecule has 0 aliphatic carbocycles. The van der Waals surface area contributed by atoms with Gasteiger partial charge in [-0.25, -0.2) is 0 Å². The summed E-state index contributed by atoms with van der Waals surface area (Å²) in [5.41, 5.74) is 0. The van der Waals surface area contributed by atoms with Crippen LogP contribution in [0.15, 0.2) is 12.2 Å². The molecule has 0 heterocycles. The SMILES string of the molecule is FC(F)=CC(F)(F)C(F)(F)C(F)(F)C(F)(F)C(F)(F)C(F)(F)C(F)(F)C(F)(F)C(F)(F)F. The maximum absolute atomic E-state index is 13.2. The first kappa shape index (κ1) is 30.3. The van der Waals surface area contributed by atoms with E-state index in [9.17, 15) is 92.2 Å². The van der Waals surface area contributed by atoms with Crippen LogP contribution < -0.4 is 0 Å². The Kier molecular flexibility index (Phi) is 6.99. The van der Waals surface area contributed by atoms with Gasteiger partial charge in [0.25, 0.3) is 6.08 Å². The van der Waals surface area contributed by atoms with Crippen LogP contribution >= 0.6 is 0 Å². The van der Waals surface area contributed by atoms with Crippen molar-refractivity contribution in [1.82, 2.24) is 0 Å². The molecule has 0 aromatic rings. The van der Waals surface area contributed by atoms with Crippen molar-refractivity contribution >= 4 is 0 Å². The molecule has 0 rings (SSSR count). The van der Waals surface area contributed by atoms with Crippen molar-refractivity contribution in [2.24, 2.45) is 0 Å². The van der Waals surface area contributed by atoms with Crippen LogP contribution in [0.25, 0.3) is 0 Å². The number of alkyl halides is 19.